The smallest absolute Gasteiger partial charge is 0.412 e. The summed E-state index contributed by atoms with van der Waals surface area (Å²) in [5.41, 5.74) is 1.67. The molecule has 0 atom stereocenters. The number of rotatable bonds is 7. The van der Waals surface area contributed by atoms with Crippen molar-refractivity contribution < 1.29 is 19.1 Å². The lowest BCUT2D eigenvalue weighted by Gasteiger charge is -2.16. The third-order valence-corrected chi connectivity index (χ3v) is 4.28. The maximum Gasteiger partial charge on any atom is 0.412 e. The summed E-state index contributed by atoms with van der Waals surface area (Å²) in [5, 5.41) is 5.78. The molecule has 0 fully saturated rings. The van der Waals surface area contributed by atoms with Crippen LogP contribution >= 0.6 is 15.9 Å². The minimum absolute atomic E-state index is 0.110. The molecule has 0 aliphatic heterocycles. The lowest BCUT2D eigenvalue weighted by atomic mass is 10.1. The molecular weight excluding hydrogens is 412 g/mol. The molecule has 0 aliphatic rings. The van der Waals surface area contributed by atoms with Crippen LogP contribution in [0.1, 0.15) is 22.8 Å². The number of methoxy groups -OCH3 is 1. The second kappa shape index (κ2) is 10.4. The van der Waals surface area contributed by atoms with Gasteiger partial charge in [-0.05, 0) is 40.5 Å². The number of hydrogen-bond acceptors (Lipinski definition) is 5. The molecule has 2 aromatic carbocycles. The topological polar surface area (TPSA) is 76.7 Å². The van der Waals surface area contributed by atoms with Gasteiger partial charge in [-0.15, -0.1) is 0 Å². The number of ether oxygens (including phenoxy) is 2. The molecule has 6 nitrogen and oxygen atoms in total. The van der Waals surface area contributed by atoms with Crippen LogP contribution in [0.3, 0.4) is 0 Å². The Labute approximate surface area is 166 Å². The van der Waals surface area contributed by atoms with Gasteiger partial charge in [-0.1, -0.05) is 42.5 Å². The molecule has 142 valence electrons. The Morgan fingerprint density at radius 3 is 2.56 bits per heavy atom. The molecule has 0 bridgehead atoms. The summed E-state index contributed by atoms with van der Waals surface area (Å²) in [6.45, 7) is 2.67. The van der Waals surface area contributed by atoms with E-state index in [-0.39, 0.29) is 11.3 Å². The van der Waals surface area contributed by atoms with E-state index in [1.165, 1.54) is 7.11 Å². The zero-order valence-electron chi connectivity index (χ0n) is 15.1. The predicted octanol–water partition coefficient (Wildman–Crippen LogP) is 4.51. The van der Waals surface area contributed by atoms with E-state index in [0.29, 0.717) is 23.2 Å². The SMILES string of the molecule is CC=CCNC(=O)Oc1ccc(Br)c(NCc2ccccc2)c1C(=O)OC. The molecule has 0 unspecified atom stereocenters. The van der Waals surface area contributed by atoms with Gasteiger partial charge in [0, 0.05) is 17.6 Å². The summed E-state index contributed by atoms with van der Waals surface area (Å²) >= 11 is 3.43. The molecule has 27 heavy (non-hydrogen) atoms. The summed E-state index contributed by atoms with van der Waals surface area (Å²) in [6, 6.07) is 13.0. The molecule has 1 amide bonds. The van der Waals surface area contributed by atoms with Crippen LogP contribution in [0.5, 0.6) is 5.75 Å². The zero-order chi connectivity index (χ0) is 19.6. The summed E-state index contributed by atoms with van der Waals surface area (Å²) in [4.78, 5) is 24.3. The van der Waals surface area contributed by atoms with Gasteiger partial charge < -0.3 is 20.1 Å². The third kappa shape index (κ3) is 5.86. The largest absolute Gasteiger partial charge is 0.465 e. The van der Waals surface area contributed by atoms with Crippen molar-refractivity contribution in [2.45, 2.75) is 13.5 Å². The molecule has 0 radical (unpaired) electrons. The second-order valence-corrected chi connectivity index (χ2v) is 6.32. The first kappa shape index (κ1) is 20.5. The molecular formula is C20H21BrN2O4. The van der Waals surface area contributed by atoms with Gasteiger partial charge in [-0.3, -0.25) is 0 Å². The maximum atomic E-state index is 12.4. The van der Waals surface area contributed by atoms with Gasteiger partial charge in [0.1, 0.15) is 11.3 Å². The third-order valence-electron chi connectivity index (χ3n) is 3.62. The standard InChI is InChI=1S/C20H21BrN2O4/c1-3-4-12-22-20(25)27-16-11-10-15(21)18(17(16)19(24)26-2)23-13-14-8-6-5-7-9-14/h3-11,23H,12-13H2,1-2H3,(H,22,25). The number of hydrogen-bond donors (Lipinski definition) is 2. The van der Waals surface area contributed by atoms with Crippen LogP contribution in [0.2, 0.25) is 0 Å². The second-order valence-electron chi connectivity index (χ2n) is 5.47. The summed E-state index contributed by atoms with van der Waals surface area (Å²) in [5.74, 6) is -0.498. The van der Waals surface area contributed by atoms with Crippen molar-refractivity contribution in [1.29, 1.82) is 0 Å². The number of esters is 1. The maximum absolute atomic E-state index is 12.4. The monoisotopic (exact) mass is 432 g/mol. The van der Waals surface area contributed by atoms with E-state index in [0.717, 1.165) is 5.56 Å². The lowest BCUT2D eigenvalue weighted by Crippen LogP contribution is -2.27. The number of anilines is 1. The number of carbonyl (C=O) groups is 2. The quantitative estimate of drug-likeness (QED) is 0.496. The highest BCUT2D eigenvalue weighted by molar-refractivity contribution is 9.10. The normalized spacial score (nSPS) is 10.5. The number of allylic oxidation sites excluding steroid dienone is 1. The van der Waals surface area contributed by atoms with Crippen molar-refractivity contribution in [3.8, 4) is 5.75 Å². The average Bonchev–Trinajstić information content (AvgIpc) is 2.68. The average molecular weight is 433 g/mol. The van der Waals surface area contributed by atoms with E-state index in [9.17, 15) is 9.59 Å². The first-order chi connectivity index (χ1) is 13.1. The first-order valence-electron chi connectivity index (χ1n) is 8.32. The van der Waals surface area contributed by atoms with Crippen LogP contribution in [0.15, 0.2) is 59.1 Å². The van der Waals surface area contributed by atoms with Gasteiger partial charge in [0.2, 0.25) is 0 Å². The van der Waals surface area contributed by atoms with Crippen molar-refractivity contribution in [3.05, 3.63) is 70.2 Å². The number of nitrogens with one attached hydrogen (secondary N) is 2. The minimum Gasteiger partial charge on any atom is -0.465 e. The molecule has 7 heteroatoms. The highest BCUT2D eigenvalue weighted by Crippen LogP contribution is 2.35. The molecule has 0 saturated heterocycles. The van der Waals surface area contributed by atoms with Crippen LogP contribution < -0.4 is 15.4 Å². The lowest BCUT2D eigenvalue weighted by molar-refractivity contribution is 0.0599. The summed E-state index contributed by atoms with van der Waals surface area (Å²) in [6.07, 6.45) is 2.93. The minimum atomic E-state index is -0.658. The zero-order valence-corrected chi connectivity index (χ0v) is 16.7. The van der Waals surface area contributed by atoms with E-state index in [1.807, 2.05) is 43.3 Å². The van der Waals surface area contributed by atoms with Crippen LogP contribution in [0.25, 0.3) is 0 Å². The summed E-state index contributed by atoms with van der Waals surface area (Å²) < 4.78 is 10.9. The van der Waals surface area contributed by atoms with Crippen molar-refractivity contribution in [2.24, 2.45) is 0 Å². The van der Waals surface area contributed by atoms with Gasteiger partial charge in [-0.2, -0.15) is 0 Å². The molecule has 2 aromatic rings. The molecule has 0 saturated carbocycles. The van der Waals surface area contributed by atoms with Crippen LogP contribution in [0, 0.1) is 0 Å². The van der Waals surface area contributed by atoms with E-state index in [4.69, 9.17) is 9.47 Å². The molecule has 0 heterocycles. The Morgan fingerprint density at radius 2 is 1.89 bits per heavy atom. The number of halogens is 1. The highest BCUT2D eigenvalue weighted by atomic mass is 79.9. The van der Waals surface area contributed by atoms with E-state index < -0.39 is 12.1 Å². The summed E-state index contributed by atoms with van der Waals surface area (Å²) in [7, 11) is 1.28. The molecule has 0 aromatic heterocycles. The number of carbonyl (C=O) groups excluding carboxylic acids is 2. The molecule has 0 aliphatic carbocycles. The van der Waals surface area contributed by atoms with E-state index in [2.05, 4.69) is 26.6 Å². The van der Waals surface area contributed by atoms with Crippen LogP contribution in [-0.4, -0.2) is 25.7 Å². The van der Waals surface area contributed by atoms with Crippen molar-refractivity contribution >= 4 is 33.7 Å². The number of amides is 1. The van der Waals surface area contributed by atoms with Gasteiger partial charge in [0.15, 0.2) is 0 Å². The first-order valence-corrected chi connectivity index (χ1v) is 9.11. The van der Waals surface area contributed by atoms with E-state index in [1.54, 1.807) is 18.2 Å². The van der Waals surface area contributed by atoms with E-state index >= 15 is 0 Å². The Morgan fingerprint density at radius 1 is 1.15 bits per heavy atom. The van der Waals surface area contributed by atoms with Gasteiger partial charge in [-0.25, -0.2) is 9.59 Å². The van der Waals surface area contributed by atoms with Crippen molar-refractivity contribution in [1.82, 2.24) is 5.32 Å². The fraction of sp³-hybridized carbons (Fsp3) is 0.200. The van der Waals surface area contributed by atoms with Crippen LogP contribution in [0.4, 0.5) is 10.5 Å². The van der Waals surface area contributed by atoms with Gasteiger partial charge in [0.25, 0.3) is 0 Å². The Hall–Kier alpha value is -2.80. The van der Waals surface area contributed by atoms with Crippen LogP contribution in [-0.2, 0) is 11.3 Å². The Kier molecular flexibility index (Phi) is 7.88. The molecule has 2 N–H and O–H groups in total. The molecule has 2 rings (SSSR count). The van der Waals surface area contributed by atoms with Crippen molar-refractivity contribution in [3.63, 3.8) is 0 Å². The Bertz CT molecular complexity index is 822. The fourth-order valence-corrected chi connectivity index (χ4v) is 2.77. The fourth-order valence-electron chi connectivity index (χ4n) is 2.30. The highest BCUT2D eigenvalue weighted by Gasteiger charge is 2.22. The number of benzene rings is 2. The van der Waals surface area contributed by atoms with Crippen molar-refractivity contribution in [2.75, 3.05) is 19.0 Å². The predicted molar refractivity (Wildman–Crippen MR) is 108 cm³/mol. The van der Waals surface area contributed by atoms with Gasteiger partial charge in [0.05, 0.1) is 12.8 Å². The van der Waals surface area contributed by atoms with Gasteiger partial charge >= 0.3 is 12.1 Å². The Balaban J connectivity index is 2.28. The molecule has 0 spiro atoms.